The summed E-state index contributed by atoms with van der Waals surface area (Å²) in [7, 11) is 0. The zero-order chi connectivity index (χ0) is 19.1. The summed E-state index contributed by atoms with van der Waals surface area (Å²) >= 11 is 1.71. The Bertz CT molecular complexity index is 798. The maximum atomic E-state index is 10.1. The van der Waals surface area contributed by atoms with Gasteiger partial charge in [-0.15, -0.1) is 11.3 Å². The molecule has 0 fully saturated rings. The van der Waals surface area contributed by atoms with Crippen molar-refractivity contribution in [3.05, 3.63) is 88.1 Å². The van der Waals surface area contributed by atoms with Crippen LogP contribution >= 0.6 is 11.3 Å². The van der Waals surface area contributed by atoms with Crippen LogP contribution in [0.3, 0.4) is 0 Å². The third-order valence-corrected chi connectivity index (χ3v) is 5.65. The van der Waals surface area contributed by atoms with Crippen LogP contribution in [-0.4, -0.2) is 24.4 Å². The molecular weight excluding hydrogens is 354 g/mol. The van der Waals surface area contributed by atoms with Crippen LogP contribution in [0.2, 0.25) is 0 Å². The van der Waals surface area contributed by atoms with E-state index in [1.807, 2.05) is 24.3 Å². The lowest BCUT2D eigenvalue weighted by atomic mass is 9.78. The van der Waals surface area contributed by atoms with Gasteiger partial charge in [0.15, 0.2) is 0 Å². The van der Waals surface area contributed by atoms with Crippen molar-refractivity contribution < 1.29 is 9.84 Å². The molecule has 3 rings (SSSR count). The molecule has 0 amide bonds. The molecule has 2 aromatic carbocycles. The van der Waals surface area contributed by atoms with Gasteiger partial charge in [-0.05, 0) is 34.7 Å². The van der Waals surface area contributed by atoms with Gasteiger partial charge in [0, 0.05) is 23.4 Å². The van der Waals surface area contributed by atoms with E-state index in [0.29, 0.717) is 6.54 Å². The molecule has 0 saturated heterocycles. The molecule has 4 heteroatoms. The molecule has 0 saturated carbocycles. The Balaban J connectivity index is 1.49. The minimum absolute atomic E-state index is 0.0645. The van der Waals surface area contributed by atoms with E-state index < -0.39 is 6.10 Å². The summed E-state index contributed by atoms with van der Waals surface area (Å²) in [5.74, 6) is 0.778. The van der Waals surface area contributed by atoms with Crippen molar-refractivity contribution in [2.45, 2.75) is 31.9 Å². The van der Waals surface area contributed by atoms with Crippen LogP contribution < -0.4 is 10.1 Å². The molecule has 0 aliphatic heterocycles. The maximum absolute atomic E-state index is 10.1. The van der Waals surface area contributed by atoms with Crippen LogP contribution in [-0.2, 0) is 12.0 Å². The van der Waals surface area contributed by atoms with Crippen molar-refractivity contribution in [3.8, 4) is 5.75 Å². The highest BCUT2D eigenvalue weighted by atomic mass is 32.1. The number of rotatable bonds is 9. The fourth-order valence-electron chi connectivity index (χ4n) is 3.02. The van der Waals surface area contributed by atoms with Gasteiger partial charge in [-0.3, -0.25) is 0 Å². The second-order valence-corrected chi connectivity index (χ2v) is 8.22. The fraction of sp³-hybridized carbons (Fsp3) is 0.304. The number of hydrogen-bond donors (Lipinski definition) is 2. The number of hydrogen-bond acceptors (Lipinski definition) is 4. The first-order chi connectivity index (χ1) is 13.1. The van der Waals surface area contributed by atoms with E-state index in [-0.39, 0.29) is 12.0 Å². The zero-order valence-electron chi connectivity index (χ0n) is 15.9. The average Bonchev–Trinajstić information content (AvgIpc) is 3.21. The van der Waals surface area contributed by atoms with Gasteiger partial charge in [0.05, 0.1) is 0 Å². The van der Waals surface area contributed by atoms with Crippen LogP contribution in [0, 0.1) is 0 Å². The maximum Gasteiger partial charge on any atom is 0.119 e. The number of aliphatic hydroxyl groups is 1. The third kappa shape index (κ3) is 5.42. The summed E-state index contributed by atoms with van der Waals surface area (Å²) in [6.45, 7) is 6.01. The predicted molar refractivity (Wildman–Crippen MR) is 113 cm³/mol. The van der Waals surface area contributed by atoms with Gasteiger partial charge >= 0.3 is 0 Å². The summed E-state index contributed by atoms with van der Waals surface area (Å²) < 4.78 is 5.74. The van der Waals surface area contributed by atoms with E-state index in [0.717, 1.165) is 12.3 Å². The summed E-state index contributed by atoms with van der Waals surface area (Å²) in [5, 5.41) is 15.4. The van der Waals surface area contributed by atoms with E-state index in [9.17, 15) is 5.11 Å². The Morgan fingerprint density at radius 3 is 2.33 bits per heavy atom. The van der Waals surface area contributed by atoms with E-state index in [1.54, 1.807) is 11.3 Å². The van der Waals surface area contributed by atoms with Gasteiger partial charge in [0.1, 0.15) is 18.5 Å². The lowest BCUT2D eigenvalue weighted by Gasteiger charge is -2.26. The molecule has 0 aliphatic rings. The van der Waals surface area contributed by atoms with Gasteiger partial charge in [0.2, 0.25) is 0 Å². The van der Waals surface area contributed by atoms with Crippen LogP contribution in [0.15, 0.2) is 72.1 Å². The molecular formula is C23H27NO2S. The molecule has 1 heterocycles. The van der Waals surface area contributed by atoms with Crippen LogP contribution in [0.25, 0.3) is 0 Å². The van der Waals surface area contributed by atoms with Crippen molar-refractivity contribution in [2.75, 3.05) is 13.2 Å². The Morgan fingerprint density at radius 2 is 1.67 bits per heavy atom. The molecule has 1 aromatic heterocycles. The minimum atomic E-state index is -0.537. The van der Waals surface area contributed by atoms with Crippen LogP contribution in [0.4, 0.5) is 0 Å². The lowest BCUT2D eigenvalue weighted by molar-refractivity contribution is 0.106. The quantitative estimate of drug-likeness (QED) is 0.569. The molecule has 0 spiro atoms. The van der Waals surface area contributed by atoms with E-state index >= 15 is 0 Å². The SMILES string of the molecule is CC(C)(c1ccccc1)c1ccc(OC[C@H](O)CNCc2cccs2)cc1. The molecule has 0 bridgehead atoms. The third-order valence-electron chi connectivity index (χ3n) is 4.77. The second kappa shape index (κ2) is 9.18. The molecule has 3 aromatic rings. The minimum Gasteiger partial charge on any atom is -0.491 e. The number of nitrogens with one attached hydrogen (secondary N) is 1. The smallest absolute Gasteiger partial charge is 0.119 e. The molecule has 0 aliphatic carbocycles. The number of thiophene rings is 1. The topological polar surface area (TPSA) is 41.5 Å². The molecule has 142 valence electrons. The molecule has 0 radical (unpaired) electrons. The lowest BCUT2D eigenvalue weighted by Crippen LogP contribution is -2.31. The van der Waals surface area contributed by atoms with Crippen molar-refractivity contribution in [1.82, 2.24) is 5.32 Å². The summed E-state index contributed by atoms with van der Waals surface area (Å²) in [6, 6.07) is 22.8. The molecule has 1 atom stereocenters. The van der Waals surface area contributed by atoms with E-state index in [1.165, 1.54) is 16.0 Å². The van der Waals surface area contributed by atoms with Crippen molar-refractivity contribution in [2.24, 2.45) is 0 Å². The Hall–Kier alpha value is -2.14. The highest BCUT2D eigenvalue weighted by molar-refractivity contribution is 7.09. The van der Waals surface area contributed by atoms with Gasteiger partial charge in [0.25, 0.3) is 0 Å². The highest BCUT2D eigenvalue weighted by Crippen LogP contribution is 2.32. The molecule has 3 nitrogen and oxygen atoms in total. The standard InChI is InChI=1S/C23H27NO2S/c1-23(2,18-7-4-3-5-8-18)19-10-12-21(13-11-19)26-17-20(25)15-24-16-22-9-6-14-27-22/h3-14,20,24-25H,15-17H2,1-2H3/t20-/m1/s1. The van der Waals surface area contributed by atoms with Gasteiger partial charge in [-0.1, -0.05) is 62.4 Å². The van der Waals surface area contributed by atoms with E-state index in [2.05, 4.69) is 67.0 Å². The Kier molecular flexibility index (Phi) is 6.67. The number of aliphatic hydroxyl groups excluding tert-OH is 1. The van der Waals surface area contributed by atoms with Crippen molar-refractivity contribution in [3.63, 3.8) is 0 Å². The first kappa shape index (κ1) is 19.6. The Labute approximate surface area is 165 Å². The van der Waals surface area contributed by atoms with Gasteiger partial charge in [-0.25, -0.2) is 0 Å². The summed E-state index contributed by atoms with van der Waals surface area (Å²) in [4.78, 5) is 1.26. The average molecular weight is 382 g/mol. The highest BCUT2D eigenvalue weighted by Gasteiger charge is 2.22. The first-order valence-electron chi connectivity index (χ1n) is 9.26. The largest absolute Gasteiger partial charge is 0.491 e. The van der Waals surface area contributed by atoms with Gasteiger partial charge < -0.3 is 15.2 Å². The van der Waals surface area contributed by atoms with Crippen LogP contribution in [0.1, 0.15) is 29.9 Å². The molecule has 27 heavy (non-hydrogen) atoms. The van der Waals surface area contributed by atoms with Crippen molar-refractivity contribution >= 4 is 11.3 Å². The monoisotopic (exact) mass is 381 g/mol. The zero-order valence-corrected chi connectivity index (χ0v) is 16.7. The molecule has 2 N–H and O–H groups in total. The predicted octanol–water partition coefficient (Wildman–Crippen LogP) is 4.60. The molecule has 0 unspecified atom stereocenters. The normalized spacial score (nSPS) is 12.7. The van der Waals surface area contributed by atoms with Crippen molar-refractivity contribution in [1.29, 1.82) is 0 Å². The summed E-state index contributed by atoms with van der Waals surface area (Å²) in [6.07, 6.45) is -0.537. The van der Waals surface area contributed by atoms with Crippen LogP contribution in [0.5, 0.6) is 5.75 Å². The summed E-state index contributed by atoms with van der Waals surface area (Å²) in [5.41, 5.74) is 2.45. The second-order valence-electron chi connectivity index (χ2n) is 7.19. The fourth-order valence-corrected chi connectivity index (χ4v) is 3.69. The Morgan fingerprint density at radius 1 is 0.963 bits per heavy atom. The van der Waals surface area contributed by atoms with Gasteiger partial charge in [-0.2, -0.15) is 0 Å². The number of ether oxygens (including phenoxy) is 1. The first-order valence-corrected chi connectivity index (χ1v) is 10.1. The number of benzene rings is 2. The van der Waals surface area contributed by atoms with E-state index in [4.69, 9.17) is 4.74 Å².